The minimum absolute atomic E-state index is 0.0481. The quantitative estimate of drug-likeness (QED) is 0.499. The second-order valence-electron chi connectivity index (χ2n) is 4.49. The number of nitro groups is 2. The Morgan fingerprint density at radius 1 is 0.833 bits per heavy atom. The van der Waals surface area contributed by atoms with Crippen molar-refractivity contribution >= 4 is 34.6 Å². The van der Waals surface area contributed by atoms with E-state index in [9.17, 15) is 29.8 Å². The van der Waals surface area contributed by atoms with Crippen molar-refractivity contribution in [2.75, 3.05) is 10.6 Å². The Bertz CT molecular complexity index is 836. The lowest BCUT2D eigenvalue weighted by molar-refractivity contribution is -0.384. The average Bonchev–Trinajstić information content (AvgIpc) is 2.55. The molecule has 2 amide bonds. The van der Waals surface area contributed by atoms with Crippen LogP contribution >= 0.6 is 0 Å². The van der Waals surface area contributed by atoms with Gasteiger partial charge in [-0.1, -0.05) is 18.2 Å². The van der Waals surface area contributed by atoms with Crippen molar-refractivity contribution in [2.24, 2.45) is 0 Å². The maximum atomic E-state index is 11.8. The lowest BCUT2D eigenvalue weighted by Crippen LogP contribution is -2.29. The fourth-order valence-corrected chi connectivity index (χ4v) is 1.80. The summed E-state index contributed by atoms with van der Waals surface area (Å²) in [6.45, 7) is 0. The lowest BCUT2D eigenvalue weighted by atomic mass is 10.2. The number of nitrogens with one attached hydrogen (secondary N) is 2. The van der Waals surface area contributed by atoms with E-state index in [1.807, 2.05) is 0 Å². The fraction of sp³-hybridized carbons (Fsp3) is 0. The summed E-state index contributed by atoms with van der Waals surface area (Å²) in [6.07, 6.45) is 0. The van der Waals surface area contributed by atoms with Gasteiger partial charge in [0.2, 0.25) is 0 Å². The van der Waals surface area contributed by atoms with Gasteiger partial charge in [0.1, 0.15) is 5.69 Å². The highest BCUT2D eigenvalue weighted by atomic mass is 16.6. The summed E-state index contributed by atoms with van der Waals surface area (Å²) in [5, 5.41) is 25.8. The Balaban J connectivity index is 2.11. The van der Waals surface area contributed by atoms with Crippen LogP contribution in [0.5, 0.6) is 0 Å². The summed E-state index contributed by atoms with van der Waals surface area (Å²) in [5.74, 6) is -2.26. The predicted molar refractivity (Wildman–Crippen MR) is 83.5 cm³/mol. The summed E-state index contributed by atoms with van der Waals surface area (Å²) in [4.78, 5) is 43.8. The monoisotopic (exact) mass is 330 g/mol. The van der Waals surface area contributed by atoms with Crippen LogP contribution in [0, 0.1) is 20.2 Å². The van der Waals surface area contributed by atoms with Crippen molar-refractivity contribution in [1.29, 1.82) is 0 Å². The van der Waals surface area contributed by atoms with E-state index in [0.717, 1.165) is 6.07 Å². The molecule has 0 aliphatic carbocycles. The molecular weight excluding hydrogens is 320 g/mol. The highest BCUT2D eigenvalue weighted by Crippen LogP contribution is 2.23. The lowest BCUT2D eigenvalue weighted by Gasteiger charge is -2.07. The number of amides is 2. The molecule has 2 N–H and O–H groups in total. The zero-order valence-electron chi connectivity index (χ0n) is 12.0. The molecule has 0 heterocycles. The molecule has 0 spiro atoms. The average molecular weight is 330 g/mol. The molecule has 2 rings (SSSR count). The molecule has 0 saturated heterocycles. The van der Waals surface area contributed by atoms with Gasteiger partial charge in [-0.25, -0.2) is 0 Å². The molecule has 0 atom stereocenters. The number of carbonyl (C=O) groups excluding carboxylic acids is 2. The topological polar surface area (TPSA) is 144 Å². The third kappa shape index (κ3) is 3.88. The van der Waals surface area contributed by atoms with E-state index in [4.69, 9.17) is 0 Å². The Morgan fingerprint density at radius 3 is 2.17 bits per heavy atom. The molecule has 24 heavy (non-hydrogen) atoms. The molecule has 0 aliphatic heterocycles. The van der Waals surface area contributed by atoms with Crippen LogP contribution in [0.3, 0.4) is 0 Å². The maximum Gasteiger partial charge on any atom is 0.314 e. The van der Waals surface area contributed by atoms with Crippen molar-refractivity contribution in [2.45, 2.75) is 0 Å². The van der Waals surface area contributed by atoms with E-state index in [-0.39, 0.29) is 22.7 Å². The Labute approximate surface area is 134 Å². The first-order chi connectivity index (χ1) is 11.4. The summed E-state index contributed by atoms with van der Waals surface area (Å²) in [6, 6.07) is 10.3. The number of benzene rings is 2. The zero-order valence-corrected chi connectivity index (χ0v) is 12.0. The Kier molecular flexibility index (Phi) is 4.80. The predicted octanol–water partition coefficient (Wildman–Crippen LogP) is 2.08. The molecule has 2 aromatic carbocycles. The van der Waals surface area contributed by atoms with Crippen LogP contribution in [-0.2, 0) is 9.59 Å². The maximum absolute atomic E-state index is 11.8. The molecule has 0 unspecified atom stereocenters. The highest BCUT2D eigenvalue weighted by Gasteiger charge is 2.20. The minimum Gasteiger partial charge on any atom is -0.318 e. The molecule has 0 saturated carbocycles. The number of para-hydroxylation sites is 2. The van der Waals surface area contributed by atoms with Gasteiger partial charge in [0.05, 0.1) is 9.85 Å². The number of hydrogen-bond acceptors (Lipinski definition) is 6. The Morgan fingerprint density at radius 2 is 1.50 bits per heavy atom. The van der Waals surface area contributed by atoms with Gasteiger partial charge >= 0.3 is 11.8 Å². The first-order valence-electron chi connectivity index (χ1n) is 6.48. The van der Waals surface area contributed by atoms with E-state index >= 15 is 0 Å². The molecule has 10 nitrogen and oxygen atoms in total. The van der Waals surface area contributed by atoms with Gasteiger partial charge in [-0.3, -0.25) is 29.8 Å². The second-order valence-corrected chi connectivity index (χ2v) is 4.49. The van der Waals surface area contributed by atoms with E-state index in [1.165, 1.54) is 42.5 Å². The molecule has 10 heteroatoms. The summed E-state index contributed by atoms with van der Waals surface area (Å²) < 4.78 is 0. The third-order valence-corrected chi connectivity index (χ3v) is 2.87. The van der Waals surface area contributed by atoms with Crippen LogP contribution in [0.2, 0.25) is 0 Å². The van der Waals surface area contributed by atoms with Gasteiger partial charge in [-0.05, 0) is 12.1 Å². The van der Waals surface area contributed by atoms with Crippen molar-refractivity contribution in [3.8, 4) is 0 Å². The summed E-state index contributed by atoms with van der Waals surface area (Å²) in [7, 11) is 0. The van der Waals surface area contributed by atoms with Crippen LogP contribution in [0.4, 0.5) is 22.7 Å². The first kappa shape index (κ1) is 16.5. The van der Waals surface area contributed by atoms with E-state index in [0.29, 0.717) is 0 Å². The molecule has 2 aromatic rings. The molecule has 0 fully saturated rings. The van der Waals surface area contributed by atoms with Crippen LogP contribution < -0.4 is 10.6 Å². The summed E-state index contributed by atoms with van der Waals surface area (Å²) >= 11 is 0. The van der Waals surface area contributed by atoms with Gasteiger partial charge in [-0.2, -0.15) is 0 Å². The van der Waals surface area contributed by atoms with Gasteiger partial charge in [0, 0.05) is 23.9 Å². The van der Waals surface area contributed by atoms with Gasteiger partial charge < -0.3 is 10.6 Å². The van der Waals surface area contributed by atoms with Crippen molar-refractivity contribution < 1.29 is 19.4 Å². The van der Waals surface area contributed by atoms with E-state index in [1.54, 1.807) is 0 Å². The van der Waals surface area contributed by atoms with Crippen LogP contribution in [0.15, 0.2) is 48.5 Å². The third-order valence-electron chi connectivity index (χ3n) is 2.87. The van der Waals surface area contributed by atoms with Crippen molar-refractivity contribution in [3.05, 3.63) is 68.8 Å². The second kappa shape index (κ2) is 6.96. The number of rotatable bonds is 4. The van der Waals surface area contributed by atoms with Crippen molar-refractivity contribution in [1.82, 2.24) is 0 Å². The molecular formula is C14H10N4O6. The number of carbonyl (C=O) groups is 2. The number of non-ortho nitro benzene ring substituents is 1. The van der Waals surface area contributed by atoms with Gasteiger partial charge in [-0.15, -0.1) is 0 Å². The molecule has 0 aromatic heterocycles. The largest absolute Gasteiger partial charge is 0.318 e. The SMILES string of the molecule is O=C(Nc1cccc([N+](=O)[O-])c1)C(=O)Nc1ccccc1[N+](=O)[O-]. The fourth-order valence-electron chi connectivity index (χ4n) is 1.80. The zero-order chi connectivity index (χ0) is 17.7. The van der Waals surface area contributed by atoms with Crippen molar-refractivity contribution in [3.63, 3.8) is 0 Å². The van der Waals surface area contributed by atoms with Crippen LogP contribution in [-0.4, -0.2) is 21.7 Å². The number of nitrogens with zero attached hydrogens (tertiary/aromatic N) is 2. The molecule has 0 bridgehead atoms. The Hall–Kier alpha value is -3.82. The van der Waals surface area contributed by atoms with Crippen LogP contribution in [0.25, 0.3) is 0 Å². The van der Waals surface area contributed by atoms with Gasteiger partial charge in [0.15, 0.2) is 0 Å². The van der Waals surface area contributed by atoms with E-state index < -0.39 is 21.7 Å². The normalized spacial score (nSPS) is 9.83. The van der Waals surface area contributed by atoms with Crippen LogP contribution in [0.1, 0.15) is 0 Å². The van der Waals surface area contributed by atoms with Gasteiger partial charge in [0.25, 0.3) is 11.4 Å². The molecule has 0 radical (unpaired) electrons. The highest BCUT2D eigenvalue weighted by molar-refractivity contribution is 6.43. The number of hydrogen-bond donors (Lipinski definition) is 2. The standard InChI is InChI=1S/C14H10N4O6/c19-13(15-9-4-3-5-10(8-9)17(21)22)14(20)16-11-6-1-2-7-12(11)18(23)24/h1-8H,(H,15,19)(H,16,20). The summed E-state index contributed by atoms with van der Waals surface area (Å²) in [5.41, 5.74) is -0.713. The number of nitro benzene ring substituents is 2. The minimum atomic E-state index is -1.14. The number of anilines is 2. The molecule has 122 valence electrons. The van der Waals surface area contributed by atoms with E-state index in [2.05, 4.69) is 10.6 Å². The smallest absolute Gasteiger partial charge is 0.314 e. The first-order valence-corrected chi connectivity index (χ1v) is 6.48. The molecule has 0 aliphatic rings.